The average Bonchev–Trinajstić information content (AvgIpc) is 2.61. The summed E-state index contributed by atoms with van der Waals surface area (Å²) in [6.45, 7) is 4.23. The summed E-state index contributed by atoms with van der Waals surface area (Å²) in [5.74, 6) is 0.452. The Morgan fingerprint density at radius 1 is 0.760 bits per heavy atom. The van der Waals surface area contributed by atoms with Gasteiger partial charge in [-0.25, -0.2) is 0 Å². The molecule has 2 nitrogen and oxygen atoms in total. The Morgan fingerprint density at radius 3 is 1.80 bits per heavy atom. The molecule has 0 rings (SSSR count). The Morgan fingerprint density at radius 2 is 1.28 bits per heavy atom. The van der Waals surface area contributed by atoms with Crippen molar-refractivity contribution in [3.63, 3.8) is 0 Å². The second kappa shape index (κ2) is 19.2. The molecule has 2 atom stereocenters. The molecule has 0 heterocycles. The largest absolute Gasteiger partial charge is 0.394 e. The molecule has 0 aliphatic rings. The van der Waals surface area contributed by atoms with E-state index >= 15 is 0 Å². The van der Waals surface area contributed by atoms with Gasteiger partial charge in [-0.05, 0) is 57.3 Å². The number of hydrogen-bond acceptors (Lipinski definition) is 2. The number of rotatable bonds is 16. The summed E-state index contributed by atoms with van der Waals surface area (Å²) in [6, 6.07) is 0. The second-order valence-corrected chi connectivity index (χ2v) is 6.84. The SMILES string of the molecule is CCCCC/C=C\C/C=C\C/C=C\C/C=C\CCC(C)CC(O)CO. The van der Waals surface area contributed by atoms with Gasteiger partial charge in [0.05, 0.1) is 12.7 Å². The first-order chi connectivity index (χ1) is 12.2. The Balaban J connectivity index is 3.51. The lowest BCUT2D eigenvalue weighted by molar-refractivity contribution is 0.0752. The molecule has 144 valence electrons. The van der Waals surface area contributed by atoms with E-state index in [9.17, 15) is 5.11 Å². The molecule has 0 aromatic heterocycles. The Bertz CT molecular complexity index is 380. The van der Waals surface area contributed by atoms with Crippen LogP contribution in [0.5, 0.6) is 0 Å². The highest BCUT2D eigenvalue weighted by molar-refractivity contribution is 4.99. The summed E-state index contributed by atoms with van der Waals surface area (Å²) >= 11 is 0. The topological polar surface area (TPSA) is 40.5 Å². The van der Waals surface area contributed by atoms with Crippen LogP contribution in [-0.2, 0) is 0 Å². The lowest BCUT2D eigenvalue weighted by Crippen LogP contribution is -2.15. The summed E-state index contributed by atoms with van der Waals surface area (Å²) in [7, 11) is 0. The van der Waals surface area contributed by atoms with Gasteiger partial charge in [0.15, 0.2) is 0 Å². The standard InChI is InChI=1S/C23H40O2/c1-3-4-5-6-7-8-9-10-11-12-13-14-15-16-17-18-19-22(2)20-23(25)21-24/h7-8,10-11,13-14,16-17,22-25H,3-6,9,12,15,18-21H2,1-2H3/b8-7-,11-10-,14-13-,17-16-. The number of hydrogen-bond donors (Lipinski definition) is 2. The van der Waals surface area contributed by atoms with Crippen LogP contribution in [0.25, 0.3) is 0 Å². The summed E-state index contributed by atoms with van der Waals surface area (Å²) in [5.41, 5.74) is 0. The fourth-order valence-electron chi connectivity index (χ4n) is 2.60. The molecule has 0 amide bonds. The highest BCUT2D eigenvalue weighted by atomic mass is 16.3. The smallest absolute Gasteiger partial charge is 0.0773 e. The number of unbranched alkanes of at least 4 members (excludes halogenated alkanes) is 3. The quantitative estimate of drug-likeness (QED) is 0.260. The Labute approximate surface area is 156 Å². The number of allylic oxidation sites excluding steroid dienone is 8. The Hall–Kier alpha value is -1.12. The minimum Gasteiger partial charge on any atom is -0.394 e. The maximum absolute atomic E-state index is 9.38. The Kier molecular flexibility index (Phi) is 18.3. The first-order valence-electron chi connectivity index (χ1n) is 10.1. The molecule has 0 bridgehead atoms. The average molecular weight is 349 g/mol. The predicted octanol–water partition coefficient (Wildman–Crippen LogP) is 6.12. The van der Waals surface area contributed by atoms with Crippen molar-refractivity contribution in [1.82, 2.24) is 0 Å². The molecule has 0 aromatic carbocycles. The van der Waals surface area contributed by atoms with Gasteiger partial charge in [-0.2, -0.15) is 0 Å². The zero-order chi connectivity index (χ0) is 18.6. The molecule has 0 fully saturated rings. The van der Waals surface area contributed by atoms with Crippen LogP contribution in [0.2, 0.25) is 0 Å². The molecule has 0 radical (unpaired) electrons. The molecule has 2 heteroatoms. The summed E-state index contributed by atoms with van der Waals surface area (Å²) in [5, 5.41) is 18.2. The van der Waals surface area contributed by atoms with Gasteiger partial charge in [0.25, 0.3) is 0 Å². The van der Waals surface area contributed by atoms with Gasteiger partial charge in [-0.1, -0.05) is 75.3 Å². The minimum atomic E-state index is -0.563. The zero-order valence-electron chi connectivity index (χ0n) is 16.4. The third kappa shape index (κ3) is 19.1. The molecule has 25 heavy (non-hydrogen) atoms. The van der Waals surface area contributed by atoms with Crippen LogP contribution in [0.1, 0.15) is 78.1 Å². The van der Waals surface area contributed by atoms with Crippen LogP contribution >= 0.6 is 0 Å². The maximum Gasteiger partial charge on any atom is 0.0773 e. The van der Waals surface area contributed by atoms with E-state index in [0.717, 1.165) is 32.1 Å². The lowest BCUT2D eigenvalue weighted by atomic mass is 9.98. The van der Waals surface area contributed by atoms with Gasteiger partial charge in [-0.15, -0.1) is 0 Å². The van der Waals surface area contributed by atoms with E-state index in [1.165, 1.54) is 25.7 Å². The maximum atomic E-state index is 9.38. The monoisotopic (exact) mass is 348 g/mol. The van der Waals surface area contributed by atoms with Crippen LogP contribution < -0.4 is 0 Å². The summed E-state index contributed by atoms with van der Waals surface area (Å²) < 4.78 is 0. The fraction of sp³-hybridized carbons (Fsp3) is 0.652. The van der Waals surface area contributed by atoms with Crippen LogP contribution in [0, 0.1) is 5.92 Å². The van der Waals surface area contributed by atoms with Crippen molar-refractivity contribution in [2.24, 2.45) is 5.92 Å². The van der Waals surface area contributed by atoms with Crippen molar-refractivity contribution in [3.8, 4) is 0 Å². The lowest BCUT2D eigenvalue weighted by Gasteiger charge is -2.13. The molecule has 0 saturated carbocycles. The first-order valence-corrected chi connectivity index (χ1v) is 10.1. The van der Waals surface area contributed by atoms with Crippen molar-refractivity contribution in [2.75, 3.05) is 6.61 Å². The molecule has 2 unspecified atom stereocenters. The van der Waals surface area contributed by atoms with Crippen molar-refractivity contribution < 1.29 is 10.2 Å². The van der Waals surface area contributed by atoms with Gasteiger partial charge in [0, 0.05) is 0 Å². The van der Waals surface area contributed by atoms with Crippen molar-refractivity contribution in [3.05, 3.63) is 48.6 Å². The van der Waals surface area contributed by atoms with Crippen molar-refractivity contribution in [2.45, 2.75) is 84.2 Å². The van der Waals surface area contributed by atoms with E-state index in [1.807, 2.05) is 0 Å². The van der Waals surface area contributed by atoms with E-state index in [4.69, 9.17) is 5.11 Å². The van der Waals surface area contributed by atoms with E-state index in [-0.39, 0.29) is 6.61 Å². The second-order valence-electron chi connectivity index (χ2n) is 6.84. The highest BCUT2D eigenvalue weighted by Gasteiger charge is 2.07. The molecule has 0 aliphatic carbocycles. The molecule has 0 spiro atoms. The van der Waals surface area contributed by atoms with Gasteiger partial charge < -0.3 is 10.2 Å². The zero-order valence-corrected chi connectivity index (χ0v) is 16.4. The van der Waals surface area contributed by atoms with Crippen molar-refractivity contribution >= 4 is 0 Å². The van der Waals surface area contributed by atoms with Gasteiger partial charge >= 0.3 is 0 Å². The third-order valence-electron chi connectivity index (χ3n) is 4.17. The summed E-state index contributed by atoms with van der Waals surface area (Å²) in [4.78, 5) is 0. The fourth-order valence-corrected chi connectivity index (χ4v) is 2.60. The molecular formula is C23H40O2. The highest BCUT2D eigenvalue weighted by Crippen LogP contribution is 2.13. The van der Waals surface area contributed by atoms with Crippen LogP contribution in [-0.4, -0.2) is 22.9 Å². The molecule has 0 aliphatic heterocycles. The third-order valence-corrected chi connectivity index (χ3v) is 4.17. The molecule has 0 saturated heterocycles. The molecule has 0 aromatic rings. The first kappa shape index (κ1) is 23.9. The summed E-state index contributed by atoms with van der Waals surface area (Å²) in [6.07, 6.45) is 28.3. The minimum absolute atomic E-state index is 0.130. The van der Waals surface area contributed by atoms with E-state index in [1.54, 1.807) is 0 Å². The van der Waals surface area contributed by atoms with E-state index < -0.39 is 6.10 Å². The molecule has 2 N–H and O–H groups in total. The van der Waals surface area contributed by atoms with Gasteiger partial charge in [0.2, 0.25) is 0 Å². The van der Waals surface area contributed by atoms with Crippen LogP contribution in [0.15, 0.2) is 48.6 Å². The van der Waals surface area contributed by atoms with Crippen LogP contribution in [0.3, 0.4) is 0 Å². The van der Waals surface area contributed by atoms with Crippen molar-refractivity contribution in [1.29, 1.82) is 0 Å². The van der Waals surface area contributed by atoms with Crippen LogP contribution in [0.4, 0.5) is 0 Å². The van der Waals surface area contributed by atoms with E-state index in [2.05, 4.69) is 62.5 Å². The molecular weight excluding hydrogens is 308 g/mol. The normalized spacial score (nSPS) is 15.2. The predicted molar refractivity (Wildman–Crippen MR) is 111 cm³/mol. The van der Waals surface area contributed by atoms with Gasteiger partial charge in [0.1, 0.15) is 0 Å². The number of aliphatic hydroxyl groups excluding tert-OH is 2. The van der Waals surface area contributed by atoms with Gasteiger partial charge in [-0.3, -0.25) is 0 Å². The number of aliphatic hydroxyl groups is 2. The van der Waals surface area contributed by atoms with E-state index in [0.29, 0.717) is 12.3 Å².